The van der Waals surface area contributed by atoms with Crippen LogP contribution in [0.4, 0.5) is 52.7 Å². The molecule has 0 rings (SSSR count). The van der Waals surface area contributed by atoms with Crippen LogP contribution in [0, 0.1) is 16.6 Å². The van der Waals surface area contributed by atoms with Gasteiger partial charge in [-0.25, -0.2) is 13.2 Å². The highest BCUT2D eigenvalue weighted by atomic mass is 32.2. The smallest absolute Gasteiger partial charge is 0.217 e. The number of halogens is 12. The van der Waals surface area contributed by atoms with Gasteiger partial charge in [0.2, 0.25) is 0 Å². The lowest BCUT2D eigenvalue weighted by molar-refractivity contribution is -0.418. The van der Waals surface area contributed by atoms with Crippen LogP contribution in [0.1, 0.15) is 19.3 Å². The highest BCUT2D eigenvalue weighted by molar-refractivity contribution is 8.03. The lowest BCUT2D eigenvalue weighted by atomic mass is 9.82. The first kappa shape index (κ1) is 24.0. The van der Waals surface area contributed by atoms with Crippen molar-refractivity contribution in [1.29, 1.82) is 5.26 Å². The fraction of sp³-hybridized carbons (Fsp3) is 0.909. The molecule has 1 nitrogen and oxygen atoms in total. The van der Waals surface area contributed by atoms with Crippen molar-refractivity contribution < 1.29 is 52.7 Å². The fourth-order valence-corrected chi connectivity index (χ4v) is 2.34. The van der Waals surface area contributed by atoms with E-state index in [4.69, 9.17) is 5.26 Å². The van der Waals surface area contributed by atoms with Gasteiger partial charge < -0.3 is 0 Å². The number of unbranched alkanes of at least 4 members (excludes halogenated alkanes) is 1. The van der Waals surface area contributed by atoms with Crippen molar-refractivity contribution in [3.05, 3.63) is 0 Å². The quantitative estimate of drug-likeness (QED) is 0.289. The van der Waals surface area contributed by atoms with Gasteiger partial charge in [0, 0.05) is 5.75 Å². The van der Waals surface area contributed by atoms with Gasteiger partial charge in [0.05, 0.1) is 0 Å². The molecule has 0 saturated heterocycles. The molecule has 0 saturated carbocycles. The summed E-state index contributed by atoms with van der Waals surface area (Å²) in [6.45, 7) is 0. The first-order valence-electron chi connectivity index (χ1n) is 6.22. The maximum atomic E-state index is 13.6. The number of thiocyanates is 1. The van der Waals surface area contributed by atoms with Crippen LogP contribution in [0.2, 0.25) is 0 Å². The minimum atomic E-state index is -7.37. The van der Waals surface area contributed by atoms with E-state index in [1.54, 1.807) is 0 Å². The van der Waals surface area contributed by atoms with Crippen molar-refractivity contribution in [2.24, 2.45) is 5.92 Å². The van der Waals surface area contributed by atoms with Gasteiger partial charge in [-0.3, -0.25) is 0 Å². The molecular formula is C11H9F12NS. The van der Waals surface area contributed by atoms with E-state index in [2.05, 4.69) is 0 Å². The largest absolute Gasteiger partial charge is 0.437 e. The van der Waals surface area contributed by atoms with E-state index in [0.717, 1.165) is 0 Å². The molecule has 0 aromatic rings. The Bertz CT molecular complexity index is 457. The Hall–Kier alpha value is -1.00. The molecule has 148 valence electrons. The number of alkyl halides is 12. The molecule has 0 aliphatic heterocycles. The number of hydrogen-bond donors (Lipinski definition) is 0. The van der Waals surface area contributed by atoms with Crippen molar-refractivity contribution in [2.75, 3.05) is 5.75 Å². The summed E-state index contributed by atoms with van der Waals surface area (Å²) in [5.74, 6) is -11.5. The Labute approximate surface area is 137 Å². The van der Waals surface area contributed by atoms with Crippen LogP contribution in [0.15, 0.2) is 0 Å². The molecule has 0 aliphatic rings. The molecule has 0 aliphatic carbocycles. The first-order chi connectivity index (χ1) is 10.9. The summed E-state index contributed by atoms with van der Waals surface area (Å²) in [7, 11) is 0. The number of nitrogens with zero attached hydrogens (tertiary/aromatic N) is 1. The minimum Gasteiger partial charge on any atom is -0.217 e. The lowest BCUT2D eigenvalue weighted by Gasteiger charge is -2.40. The fourth-order valence-electron chi connectivity index (χ4n) is 1.90. The SMILES string of the molecule is N#CSCCCCC(C(F)(F)F)C(F)(F)C(F)(C(F)(F)F)C(F)(F)F. The van der Waals surface area contributed by atoms with Crippen LogP contribution in [0.5, 0.6) is 0 Å². The third-order valence-corrected chi connectivity index (χ3v) is 3.75. The van der Waals surface area contributed by atoms with Crippen molar-refractivity contribution in [3.63, 3.8) is 0 Å². The topological polar surface area (TPSA) is 23.8 Å². The molecule has 0 amide bonds. The molecular weight excluding hydrogens is 406 g/mol. The van der Waals surface area contributed by atoms with Crippen LogP contribution < -0.4 is 0 Å². The maximum absolute atomic E-state index is 13.6. The molecule has 14 heteroatoms. The van der Waals surface area contributed by atoms with Crippen LogP contribution in [0.25, 0.3) is 0 Å². The molecule has 0 bridgehead atoms. The Balaban J connectivity index is 5.84. The van der Waals surface area contributed by atoms with E-state index >= 15 is 0 Å². The van der Waals surface area contributed by atoms with Gasteiger partial charge in [-0.2, -0.15) is 44.8 Å². The second-order valence-corrected chi connectivity index (χ2v) is 5.69. The lowest BCUT2D eigenvalue weighted by Crippen LogP contribution is -2.68. The highest BCUT2D eigenvalue weighted by Gasteiger charge is 2.87. The van der Waals surface area contributed by atoms with Gasteiger partial charge in [0.1, 0.15) is 11.3 Å². The van der Waals surface area contributed by atoms with Crippen LogP contribution in [-0.2, 0) is 0 Å². The van der Waals surface area contributed by atoms with Crippen molar-refractivity contribution in [3.8, 4) is 5.40 Å². The maximum Gasteiger partial charge on any atom is 0.437 e. The predicted molar refractivity (Wildman–Crippen MR) is 62.4 cm³/mol. The van der Waals surface area contributed by atoms with Gasteiger partial charge in [0.25, 0.3) is 0 Å². The molecule has 0 radical (unpaired) electrons. The van der Waals surface area contributed by atoms with E-state index in [1.807, 2.05) is 0 Å². The third-order valence-electron chi connectivity index (χ3n) is 3.13. The van der Waals surface area contributed by atoms with Gasteiger partial charge in [-0.05, 0) is 24.6 Å². The van der Waals surface area contributed by atoms with E-state index in [1.165, 1.54) is 5.40 Å². The predicted octanol–water partition coefficient (Wildman–Crippen LogP) is 6.02. The third kappa shape index (κ3) is 5.01. The molecule has 1 atom stereocenters. The van der Waals surface area contributed by atoms with E-state index in [0.29, 0.717) is 11.8 Å². The molecule has 1 unspecified atom stereocenters. The van der Waals surface area contributed by atoms with E-state index in [-0.39, 0.29) is 12.2 Å². The molecule has 0 spiro atoms. The zero-order valence-electron chi connectivity index (χ0n) is 11.8. The van der Waals surface area contributed by atoms with Gasteiger partial charge in [0.15, 0.2) is 0 Å². The van der Waals surface area contributed by atoms with Crippen molar-refractivity contribution in [1.82, 2.24) is 0 Å². The Kier molecular flexibility index (Phi) is 7.40. The second-order valence-electron chi connectivity index (χ2n) is 4.81. The Morgan fingerprint density at radius 3 is 1.52 bits per heavy atom. The van der Waals surface area contributed by atoms with Crippen LogP contribution in [-0.4, -0.2) is 35.9 Å². The molecule has 0 fully saturated rings. The second kappa shape index (κ2) is 7.71. The average Bonchev–Trinajstić information content (AvgIpc) is 2.37. The van der Waals surface area contributed by atoms with Crippen LogP contribution >= 0.6 is 11.8 Å². The van der Waals surface area contributed by atoms with Crippen molar-refractivity contribution in [2.45, 2.75) is 49.4 Å². The highest BCUT2D eigenvalue weighted by Crippen LogP contribution is 2.59. The summed E-state index contributed by atoms with van der Waals surface area (Å²) >= 11 is 0.492. The molecule has 0 N–H and O–H groups in total. The number of thioether (sulfide) groups is 1. The summed E-state index contributed by atoms with van der Waals surface area (Å²) in [5.41, 5.74) is -7.37. The number of hydrogen-bond acceptors (Lipinski definition) is 2. The zero-order valence-corrected chi connectivity index (χ0v) is 12.6. The molecule has 0 aromatic heterocycles. The van der Waals surface area contributed by atoms with Gasteiger partial charge in [-0.1, -0.05) is 6.42 Å². The summed E-state index contributed by atoms with van der Waals surface area (Å²) in [6.07, 6.45) is -24.0. The average molecular weight is 415 g/mol. The Morgan fingerprint density at radius 1 is 0.760 bits per heavy atom. The number of rotatable bonds is 7. The summed E-state index contributed by atoms with van der Waals surface area (Å²) in [5, 5.41) is 9.60. The van der Waals surface area contributed by atoms with Gasteiger partial charge >= 0.3 is 30.1 Å². The minimum absolute atomic E-state index is 0.189. The molecule has 0 heterocycles. The van der Waals surface area contributed by atoms with Gasteiger partial charge in [-0.15, -0.1) is 0 Å². The first-order valence-corrected chi connectivity index (χ1v) is 7.21. The normalized spacial score (nSPS) is 15.8. The summed E-state index contributed by atoms with van der Waals surface area (Å²) in [6, 6.07) is 0. The number of nitriles is 1. The summed E-state index contributed by atoms with van der Waals surface area (Å²) in [4.78, 5) is 0. The van der Waals surface area contributed by atoms with Crippen LogP contribution in [0.3, 0.4) is 0 Å². The van der Waals surface area contributed by atoms with E-state index in [9.17, 15) is 52.7 Å². The molecule has 25 heavy (non-hydrogen) atoms. The monoisotopic (exact) mass is 415 g/mol. The standard InChI is InChI=1S/C11H9F12NS/c12-7(13,9(17,10(18,19)20)11(21,22)23)6(8(14,15)16)3-1-2-4-25-5-24/h6H,1-4H2. The Morgan fingerprint density at radius 2 is 1.20 bits per heavy atom. The van der Waals surface area contributed by atoms with Crippen molar-refractivity contribution >= 4 is 11.8 Å². The van der Waals surface area contributed by atoms with E-state index < -0.39 is 48.9 Å². The molecule has 0 aromatic carbocycles. The summed E-state index contributed by atoms with van der Waals surface area (Å²) < 4.78 is 153. The zero-order chi connectivity index (χ0) is 20.3.